The van der Waals surface area contributed by atoms with E-state index in [1.165, 1.54) is 18.2 Å². The van der Waals surface area contributed by atoms with Gasteiger partial charge >= 0.3 is 0 Å². The zero-order valence-corrected chi connectivity index (χ0v) is 9.99. The molecule has 1 aliphatic carbocycles. The van der Waals surface area contributed by atoms with Gasteiger partial charge in [-0.05, 0) is 40.0 Å². The largest absolute Gasteiger partial charge is 0.342 e. The van der Waals surface area contributed by atoms with Crippen molar-refractivity contribution in [2.24, 2.45) is 0 Å². The molecule has 0 aromatic rings. The van der Waals surface area contributed by atoms with Crippen LogP contribution < -0.4 is 5.32 Å². The van der Waals surface area contributed by atoms with Gasteiger partial charge in [0.1, 0.15) is 0 Å². The van der Waals surface area contributed by atoms with Crippen LogP contribution in [0, 0.1) is 0 Å². The van der Waals surface area contributed by atoms with E-state index in [0.717, 1.165) is 12.8 Å². The highest BCUT2D eigenvalue weighted by Gasteiger charge is 2.18. The fourth-order valence-corrected chi connectivity index (χ4v) is 2.47. The molecule has 0 saturated heterocycles. The van der Waals surface area contributed by atoms with Gasteiger partial charge in [0.05, 0.1) is 0 Å². The van der Waals surface area contributed by atoms with Crippen molar-refractivity contribution in [3.8, 4) is 0 Å². The summed E-state index contributed by atoms with van der Waals surface area (Å²) in [6, 6.07) is 0. The van der Waals surface area contributed by atoms with E-state index in [9.17, 15) is 4.79 Å². The van der Waals surface area contributed by atoms with Crippen LogP contribution in [0.2, 0.25) is 0 Å². The molecule has 0 bridgehead atoms. The van der Waals surface area contributed by atoms with Gasteiger partial charge < -0.3 is 5.32 Å². The number of hydrogen-bond acceptors (Lipinski definition) is 2. The first-order valence-electron chi connectivity index (χ1n) is 5.13. The molecule has 3 heteroatoms. The van der Waals surface area contributed by atoms with Crippen molar-refractivity contribution in [1.29, 1.82) is 0 Å². The van der Waals surface area contributed by atoms with E-state index in [0.29, 0.717) is 5.25 Å². The molecule has 0 radical (unpaired) electrons. The van der Waals surface area contributed by atoms with Crippen LogP contribution in [0.5, 0.6) is 0 Å². The maximum atomic E-state index is 11.5. The van der Waals surface area contributed by atoms with Gasteiger partial charge in [0.15, 0.2) is 0 Å². The van der Waals surface area contributed by atoms with Crippen LogP contribution in [-0.4, -0.2) is 16.0 Å². The number of thioether (sulfide) groups is 1. The molecule has 1 N–H and O–H groups in total. The Bertz CT molecular complexity index is 230. The first-order valence-corrected chi connectivity index (χ1v) is 6.01. The topological polar surface area (TPSA) is 29.1 Å². The monoisotopic (exact) mass is 213 g/mol. The molecule has 1 atom stereocenters. The SMILES string of the molecule is CC(C)(C)NC(=O)S[C@@H]1C=CCCC1. The highest BCUT2D eigenvalue weighted by Crippen LogP contribution is 2.24. The van der Waals surface area contributed by atoms with Crippen molar-refractivity contribution in [3.05, 3.63) is 12.2 Å². The zero-order valence-electron chi connectivity index (χ0n) is 9.17. The summed E-state index contributed by atoms with van der Waals surface area (Å²) >= 11 is 1.41. The minimum Gasteiger partial charge on any atom is -0.342 e. The Morgan fingerprint density at radius 1 is 1.50 bits per heavy atom. The standard InChI is InChI=1S/C11H19NOS/c1-11(2,3)12-10(13)14-9-7-5-4-6-8-9/h5,7,9H,4,6,8H2,1-3H3,(H,12,13)/t9-/m1/s1. The van der Waals surface area contributed by atoms with Crippen LogP contribution in [0.15, 0.2) is 12.2 Å². The minimum absolute atomic E-state index is 0.0917. The van der Waals surface area contributed by atoms with E-state index < -0.39 is 0 Å². The second-order valence-electron chi connectivity index (χ2n) is 4.68. The Labute approximate surface area is 90.5 Å². The third-order valence-electron chi connectivity index (χ3n) is 1.95. The van der Waals surface area contributed by atoms with Crippen LogP contribution in [-0.2, 0) is 0 Å². The summed E-state index contributed by atoms with van der Waals surface area (Å²) in [4.78, 5) is 11.5. The van der Waals surface area contributed by atoms with Crippen LogP contribution in [0.4, 0.5) is 4.79 Å². The lowest BCUT2D eigenvalue weighted by atomic mass is 10.1. The van der Waals surface area contributed by atoms with Gasteiger partial charge in [0.25, 0.3) is 5.24 Å². The van der Waals surface area contributed by atoms with Crippen molar-refractivity contribution >= 4 is 17.0 Å². The molecule has 1 amide bonds. The number of carbonyl (C=O) groups is 1. The number of allylic oxidation sites excluding steroid dienone is 1. The number of hydrogen-bond donors (Lipinski definition) is 1. The average molecular weight is 213 g/mol. The van der Waals surface area contributed by atoms with Gasteiger partial charge in [-0.1, -0.05) is 23.9 Å². The van der Waals surface area contributed by atoms with Gasteiger partial charge in [-0.2, -0.15) is 0 Å². The lowest BCUT2D eigenvalue weighted by Gasteiger charge is -2.22. The molecule has 0 spiro atoms. The number of nitrogens with one attached hydrogen (secondary N) is 1. The summed E-state index contributed by atoms with van der Waals surface area (Å²) < 4.78 is 0. The van der Waals surface area contributed by atoms with E-state index >= 15 is 0 Å². The summed E-state index contributed by atoms with van der Waals surface area (Å²) in [6.45, 7) is 6.01. The molecule has 1 rings (SSSR count). The molecule has 1 aliphatic rings. The summed E-state index contributed by atoms with van der Waals surface area (Å²) in [5, 5.41) is 3.43. The highest BCUT2D eigenvalue weighted by atomic mass is 32.2. The van der Waals surface area contributed by atoms with Crippen LogP contribution in [0.1, 0.15) is 40.0 Å². The third-order valence-corrected chi connectivity index (χ3v) is 2.96. The minimum atomic E-state index is -0.123. The van der Waals surface area contributed by atoms with Gasteiger partial charge in [0, 0.05) is 10.8 Å². The maximum absolute atomic E-state index is 11.5. The number of carbonyl (C=O) groups excluding carboxylic acids is 1. The molecule has 0 heterocycles. The fraction of sp³-hybridized carbons (Fsp3) is 0.727. The Balaban J connectivity index is 2.33. The molecule has 80 valence electrons. The Morgan fingerprint density at radius 2 is 2.21 bits per heavy atom. The second-order valence-corrected chi connectivity index (χ2v) is 5.89. The predicted molar refractivity (Wildman–Crippen MR) is 62.7 cm³/mol. The number of rotatable bonds is 1. The molecular weight excluding hydrogens is 194 g/mol. The molecule has 0 aromatic carbocycles. The average Bonchev–Trinajstić information content (AvgIpc) is 2.02. The lowest BCUT2D eigenvalue weighted by Crippen LogP contribution is -2.39. The Morgan fingerprint density at radius 3 is 2.71 bits per heavy atom. The summed E-state index contributed by atoms with van der Waals surface area (Å²) in [6.07, 6.45) is 7.82. The molecule has 0 aromatic heterocycles. The first-order chi connectivity index (χ1) is 6.47. The summed E-state index contributed by atoms with van der Waals surface area (Å²) in [5.41, 5.74) is -0.123. The zero-order chi connectivity index (χ0) is 10.6. The van der Waals surface area contributed by atoms with E-state index in [-0.39, 0.29) is 10.8 Å². The Hall–Kier alpha value is -0.440. The second kappa shape index (κ2) is 4.87. The van der Waals surface area contributed by atoms with Gasteiger partial charge in [0.2, 0.25) is 0 Å². The van der Waals surface area contributed by atoms with Crippen LogP contribution in [0.3, 0.4) is 0 Å². The number of amides is 1. The van der Waals surface area contributed by atoms with Crippen LogP contribution >= 0.6 is 11.8 Å². The molecule has 0 unspecified atom stereocenters. The lowest BCUT2D eigenvalue weighted by molar-refractivity contribution is 0.253. The van der Waals surface area contributed by atoms with Crippen molar-refractivity contribution in [2.75, 3.05) is 0 Å². The third kappa shape index (κ3) is 4.70. The van der Waals surface area contributed by atoms with Crippen molar-refractivity contribution < 1.29 is 4.79 Å². The van der Waals surface area contributed by atoms with Gasteiger partial charge in [-0.15, -0.1) is 0 Å². The molecule has 0 aliphatic heterocycles. The van der Waals surface area contributed by atoms with Crippen molar-refractivity contribution in [3.63, 3.8) is 0 Å². The molecule has 14 heavy (non-hydrogen) atoms. The van der Waals surface area contributed by atoms with Crippen molar-refractivity contribution in [2.45, 2.75) is 50.8 Å². The van der Waals surface area contributed by atoms with Gasteiger partial charge in [-0.3, -0.25) is 4.79 Å². The highest BCUT2D eigenvalue weighted by molar-refractivity contribution is 8.14. The van der Waals surface area contributed by atoms with Crippen LogP contribution in [0.25, 0.3) is 0 Å². The summed E-state index contributed by atoms with van der Waals surface area (Å²) in [7, 11) is 0. The fourth-order valence-electron chi connectivity index (χ4n) is 1.35. The van der Waals surface area contributed by atoms with E-state index in [4.69, 9.17) is 0 Å². The Kier molecular flexibility index (Phi) is 4.05. The van der Waals surface area contributed by atoms with E-state index in [1.54, 1.807) is 0 Å². The first kappa shape index (κ1) is 11.6. The normalized spacial score (nSPS) is 22.1. The molecule has 0 saturated carbocycles. The van der Waals surface area contributed by atoms with Crippen molar-refractivity contribution in [1.82, 2.24) is 5.32 Å². The molecule has 2 nitrogen and oxygen atoms in total. The van der Waals surface area contributed by atoms with E-state index in [1.807, 2.05) is 20.8 Å². The quantitative estimate of drug-likeness (QED) is 0.677. The maximum Gasteiger partial charge on any atom is 0.280 e. The predicted octanol–water partition coefficient (Wildman–Crippen LogP) is 3.34. The molecular formula is C11H19NOS. The smallest absolute Gasteiger partial charge is 0.280 e. The van der Waals surface area contributed by atoms with E-state index in [2.05, 4.69) is 17.5 Å². The summed E-state index contributed by atoms with van der Waals surface area (Å²) in [5.74, 6) is 0. The van der Waals surface area contributed by atoms with Gasteiger partial charge in [-0.25, -0.2) is 0 Å². The molecule has 0 fully saturated rings.